The molecule has 21 heavy (non-hydrogen) atoms. The zero-order valence-corrected chi connectivity index (χ0v) is 11.7. The summed E-state index contributed by atoms with van der Waals surface area (Å²) in [5.41, 5.74) is 0.466. The van der Waals surface area contributed by atoms with Gasteiger partial charge in [-0.05, 0) is 37.0 Å². The van der Waals surface area contributed by atoms with Gasteiger partial charge in [0, 0.05) is 18.7 Å². The van der Waals surface area contributed by atoms with Crippen LogP contribution in [0.5, 0.6) is 0 Å². The second-order valence-electron chi connectivity index (χ2n) is 4.95. The lowest BCUT2D eigenvalue weighted by Gasteiger charge is -2.22. The molecular weight excluding hydrogens is 273 g/mol. The number of hydrogen-bond acceptors (Lipinski definition) is 3. The van der Waals surface area contributed by atoms with Gasteiger partial charge in [-0.3, -0.25) is 4.79 Å². The molecule has 0 aromatic heterocycles. The molecule has 2 rings (SSSR count). The third kappa shape index (κ3) is 4.55. The first-order chi connectivity index (χ1) is 10.2. The molecule has 1 atom stereocenters. The van der Waals surface area contributed by atoms with Crippen LogP contribution in [0.25, 0.3) is 0 Å². The topological polar surface area (TPSA) is 58.6 Å². The van der Waals surface area contributed by atoms with E-state index in [4.69, 9.17) is 9.84 Å². The van der Waals surface area contributed by atoms with Gasteiger partial charge in [-0.1, -0.05) is 11.8 Å². The lowest BCUT2D eigenvalue weighted by molar-refractivity contribution is 0.0536. The standard InChI is InChI=1S/C16H18FNO3/c17-15-6-5-12(3-1-7-19)9-14(15)16(20)18-10-13-4-2-8-21-11-13/h5-6,9,13,19H,2,4,7-8,10-11H2,(H,18,20). The SMILES string of the molecule is O=C(NCC1CCCOC1)c1cc(C#CCO)ccc1F. The maximum Gasteiger partial charge on any atom is 0.254 e. The Kier molecular flexibility index (Phi) is 5.73. The lowest BCUT2D eigenvalue weighted by atomic mass is 10.0. The maximum absolute atomic E-state index is 13.7. The van der Waals surface area contributed by atoms with Gasteiger partial charge in [0.15, 0.2) is 0 Å². The fraction of sp³-hybridized carbons (Fsp3) is 0.438. The van der Waals surface area contributed by atoms with Crippen molar-refractivity contribution in [2.45, 2.75) is 12.8 Å². The van der Waals surface area contributed by atoms with Crippen LogP contribution in [0, 0.1) is 23.6 Å². The van der Waals surface area contributed by atoms with E-state index in [1.54, 1.807) is 0 Å². The van der Waals surface area contributed by atoms with E-state index in [1.807, 2.05) is 0 Å². The Hall–Kier alpha value is -1.90. The van der Waals surface area contributed by atoms with Gasteiger partial charge in [0.05, 0.1) is 12.2 Å². The van der Waals surface area contributed by atoms with Gasteiger partial charge in [-0.15, -0.1) is 0 Å². The van der Waals surface area contributed by atoms with Crippen LogP contribution in [0.2, 0.25) is 0 Å². The Labute approximate surface area is 123 Å². The van der Waals surface area contributed by atoms with Gasteiger partial charge < -0.3 is 15.2 Å². The quantitative estimate of drug-likeness (QED) is 0.826. The van der Waals surface area contributed by atoms with E-state index in [2.05, 4.69) is 17.2 Å². The van der Waals surface area contributed by atoms with Crippen LogP contribution in [0.1, 0.15) is 28.8 Å². The number of hydrogen-bond donors (Lipinski definition) is 2. The molecule has 1 aromatic rings. The summed E-state index contributed by atoms with van der Waals surface area (Å²) in [6.45, 7) is 1.60. The van der Waals surface area contributed by atoms with E-state index < -0.39 is 11.7 Å². The Bertz CT molecular complexity index is 556. The maximum atomic E-state index is 13.7. The predicted octanol–water partition coefficient (Wildman–Crippen LogP) is 1.33. The first-order valence-corrected chi connectivity index (χ1v) is 6.96. The minimum atomic E-state index is -0.582. The van der Waals surface area contributed by atoms with Crippen molar-refractivity contribution in [3.63, 3.8) is 0 Å². The lowest BCUT2D eigenvalue weighted by Crippen LogP contribution is -2.33. The highest BCUT2D eigenvalue weighted by molar-refractivity contribution is 5.94. The third-order valence-electron chi connectivity index (χ3n) is 3.33. The van der Waals surface area contributed by atoms with Crippen molar-refractivity contribution in [3.8, 4) is 11.8 Å². The molecule has 4 nitrogen and oxygen atoms in total. The molecule has 1 amide bonds. The summed E-state index contributed by atoms with van der Waals surface area (Å²) in [4.78, 5) is 12.0. The molecule has 1 aliphatic rings. The highest BCUT2D eigenvalue weighted by atomic mass is 19.1. The van der Waals surface area contributed by atoms with Crippen LogP contribution in [0.15, 0.2) is 18.2 Å². The van der Waals surface area contributed by atoms with E-state index in [0.717, 1.165) is 19.4 Å². The number of amides is 1. The Morgan fingerprint density at radius 3 is 3.10 bits per heavy atom. The second-order valence-corrected chi connectivity index (χ2v) is 4.95. The zero-order chi connectivity index (χ0) is 15.1. The first-order valence-electron chi connectivity index (χ1n) is 6.96. The Morgan fingerprint density at radius 1 is 1.52 bits per heavy atom. The number of benzene rings is 1. The van der Waals surface area contributed by atoms with Gasteiger partial charge in [-0.25, -0.2) is 4.39 Å². The van der Waals surface area contributed by atoms with Gasteiger partial charge >= 0.3 is 0 Å². The summed E-state index contributed by atoms with van der Waals surface area (Å²) in [7, 11) is 0. The summed E-state index contributed by atoms with van der Waals surface area (Å²) in [5, 5.41) is 11.4. The summed E-state index contributed by atoms with van der Waals surface area (Å²) in [6.07, 6.45) is 1.99. The summed E-state index contributed by atoms with van der Waals surface area (Å²) >= 11 is 0. The average Bonchev–Trinajstić information content (AvgIpc) is 2.53. The Balaban J connectivity index is 2.00. The third-order valence-corrected chi connectivity index (χ3v) is 3.33. The molecule has 0 saturated carbocycles. The van der Waals surface area contributed by atoms with Crippen LogP contribution < -0.4 is 5.32 Å². The van der Waals surface area contributed by atoms with Crippen molar-refractivity contribution >= 4 is 5.91 Å². The molecule has 1 heterocycles. The van der Waals surface area contributed by atoms with Crippen molar-refractivity contribution in [2.24, 2.45) is 5.92 Å². The number of carbonyl (C=O) groups excluding carboxylic acids is 1. The van der Waals surface area contributed by atoms with Crippen molar-refractivity contribution in [1.29, 1.82) is 0 Å². The zero-order valence-electron chi connectivity index (χ0n) is 11.7. The van der Waals surface area contributed by atoms with Crippen molar-refractivity contribution < 1.29 is 19.0 Å². The number of nitrogens with one attached hydrogen (secondary N) is 1. The number of ether oxygens (including phenoxy) is 1. The molecule has 1 fully saturated rings. The van der Waals surface area contributed by atoms with E-state index in [1.165, 1.54) is 18.2 Å². The fourth-order valence-corrected chi connectivity index (χ4v) is 2.22. The molecule has 1 aliphatic heterocycles. The number of aliphatic hydroxyl groups excluding tert-OH is 1. The van der Waals surface area contributed by atoms with Crippen LogP contribution in [0.4, 0.5) is 4.39 Å². The average molecular weight is 291 g/mol. The minimum absolute atomic E-state index is 0.0310. The number of rotatable bonds is 3. The van der Waals surface area contributed by atoms with Crippen molar-refractivity contribution in [3.05, 3.63) is 35.1 Å². The summed E-state index contributed by atoms with van der Waals surface area (Å²) < 4.78 is 19.1. The van der Waals surface area contributed by atoms with Crippen LogP contribution in [0.3, 0.4) is 0 Å². The van der Waals surface area contributed by atoms with E-state index in [9.17, 15) is 9.18 Å². The Morgan fingerprint density at radius 2 is 2.38 bits per heavy atom. The van der Waals surface area contributed by atoms with Gasteiger partial charge in [0.2, 0.25) is 0 Å². The van der Waals surface area contributed by atoms with Crippen LogP contribution in [-0.4, -0.2) is 37.4 Å². The number of carbonyl (C=O) groups is 1. The van der Waals surface area contributed by atoms with E-state index in [0.29, 0.717) is 18.7 Å². The largest absolute Gasteiger partial charge is 0.384 e. The minimum Gasteiger partial charge on any atom is -0.384 e. The van der Waals surface area contributed by atoms with Crippen molar-refractivity contribution in [2.75, 3.05) is 26.4 Å². The number of halogens is 1. The molecule has 2 N–H and O–H groups in total. The van der Waals surface area contributed by atoms with Gasteiger partial charge in [-0.2, -0.15) is 0 Å². The molecule has 112 valence electrons. The van der Waals surface area contributed by atoms with Crippen LogP contribution in [-0.2, 0) is 4.74 Å². The van der Waals surface area contributed by atoms with E-state index in [-0.39, 0.29) is 18.1 Å². The summed E-state index contributed by atoms with van der Waals surface area (Å²) in [6, 6.07) is 4.08. The molecule has 5 heteroatoms. The van der Waals surface area contributed by atoms with Crippen molar-refractivity contribution in [1.82, 2.24) is 5.32 Å². The molecule has 1 unspecified atom stereocenters. The fourth-order valence-electron chi connectivity index (χ4n) is 2.22. The first kappa shape index (κ1) is 15.5. The highest BCUT2D eigenvalue weighted by Crippen LogP contribution is 2.14. The second kappa shape index (κ2) is 7.77. The monoisotopic (exact) mass is 291 g/mol. The highest BCUT2D eigenvalue weighted by Gasteiger charge is 2.17. The van der Waals surface area contributed by atoms with E-state index >= 15 is 0 Å². The predicted molar refractivity (Wildman–Crippen MR) is 76.2 cm³/mol. The molecular formula is C16H18FNO3. The molecule has 1 saturated heterocycles. The molecule has 0 bridgehead atoms. The smallest absolute Gasteiger partial charge is 0.254 e. The summed E-state index contributed by atoms with van der Waals surface area (Å²) in [5.74, 6) is 4.37. The normalized spacial score (nSPS) is 17.7. The van der Waals surface area contributed by atoms with Gasteiger partial charge in [0.1, 0.15) is 12.4 Å². The van der Waals surface area contributed by atoms with Crippen LogP contribution >= 0.6 is 0 Å². The van der Waals surface area contributed by atoms with Gasteiger partial charge in [0.25, 0.3) is 5.91 Å². The molecule has 0 radical (unpaired) electrons. The molecule has 0 aliphatic carbocycles. The molecule has 1 aromatic carbocycles. The molecule has 0 spiro atoms. The number of aliphatic hydroxyl groups is 1.